The van der Waals surface area contributed by atoms with E-state index >= 15 is 0 Å². The third-order valence-electron chi connectivity index (χ3n) is 3.75. The van der Waals surface area contributed by atoms with Gasteiger partial charge in [0.15, 0.2) is 6.61 Å². The maximum absolute atomic E-state index is 12.2. The molecule has 2 rings (SSSR count). The van der Waals surface area contributed by atoms with Crippen LogP contribution in [0.5, 0.6) is 5.75 Å². The van der Waals surface area contributed by atoms with Gasteiger partial charge in [-0.05, 0) is 43.9 Å². The van der Waals surface area contributed by atoms with Gasteiger partial charge in [-0.15, -0.1) is 0 Å². The van der Waals surface area contributed by atoms with Crippen molar-refractivity contribution in [3.05, 3.63) is 28.2 Å². The molecule has 1 heterocycles. The molecule has 0 radical (unpaired) electrons. The Balaban J connectivity index is 1.89. The molecule has 0 aromatic heterocycles. The summed E-state index contributed by atoms with van der Waals surface area (Å²) in [7, 11) is 0. The topological polar surface area (TPSA) is 55.6 Å². The number of nitrogens with two attached hydrogens (primary N) is 1. The SMILES string of the molecule is CC(N)C1CCCN(C(=O)COc2cc(Cl)cc(Cl)c2)C1. The van der Waals surface area contributed by atoms with E-state index in [4.69, 9.17) is 33.7 Å². The van der Waals surface area contributed by atoms with Crippen LogP contribution in [0.3, 0.4) is 0 Å². The van der Waals surface area contributed by atoms with Crippen molar-refractivity contribution in [2.24, 2.45) is 11.7 Å². The maximum Gasteiger partial charge on any atom is 0.260 e. The van der Waals surface area contributed by atoms with Crippen LogP contribution in [0, 0.1) is 5.92 Å². The summed E-state index contributed by atoms with van der Waals surface area (Å²) in [6, 6.07) is 5.01. The van der Waals surface area contributed by atoms with E-state index in [9.17, 15) is 4.79 Å². The van der Waals surface area contributed by atoms with E-state index in [1.54, 1.807) is 18.2 Å². The van der Waals surface area contributed by atoms with Gasteiger partial charge in [0, 0.05) is 29.2 Å². The van der Waals surface area contributed by atoms with E-state index in [1.807, 2.05) is 11.8 Å². The van der Waals surface area contributed by atoms with Crippen molar-refractivity contribution in [3.63, 3.8) is 0 Å². The number of nitrogens with zero attached hydrogens (tertiary/aromatic N) is 1. The molecule has 0 spiro atoms. The van der Waals surface area contributed by atoms with Crippen LogP contribution >= 0.6 is 23.2 Å². The van der Waals surface area contributed by atoms with Crippen molar-refractivity contribution in [2.75, 3.05) is 19.7 Å². The fraction of sp³-hybridized carbons (Fsp3) is 0.533. The highest BCUT2D eigenvalue weighted by Crippen LogP contribution is 2.24. The van der Waals surface area contributed by atoms with Gasteiger partial charge in [-0.25, -0.2) is 0 Å². The number of ether oxygens (including phenoxy) is 1. The lowest BCUT2D eigenvalue weighted by Crippen LogP contribution is -2.46. The highest BCUT2D eigenvalue weighted by Gasteiger charge is 2.25. The summed E-state index contributed by atoms with van der Waals surface area (Å²) in [5.41, 5.74) is 5.93. The van der Waals surface area contributed by atoms with Crippen LogP contribution in [-0.4, -0.2) is 36.5 Å². The number of halogens is 2. The molecule has 21 heavy (non-hydrogen) atoms. The van der Waals surface area contributed by atoms with Gasteiger partial charge in [-0.2, -0.15) is 0 Å². The molecule has 2 N–H and O–H groups in total. The minimum Gasteiger partial charge on any atom is -0.484 e. The molecule has 1 aliphatic rings. The van der Waals surface area contributed by atoms with Crippen LogP contribution in [0.2, 0.25) is 10.0 Å². The Labute approximate surface area is 135 Å². The van der Waals surface area contributed by atoms with Crippen LogP contribution in [0.25, 0.3) is 0 Å². The highest BCUT2D eigenvalue weighted by atomic mass is 35.5. The normalized spacial score (nSPS) is 20.2. The van der Waals surface area contributed by atoms with Crippen LogP contribution < -0.4 is 10.5 Å². The molecule has 1 aliphatic heterocycles. The first-order valence-electron chi connectivity index (χ1n) is 7.08. The molecule has 0 aliphatic carbocycles. The summed E-state index contributed by atoms with van der Waals surface area (Å²) < 4.78 is 5.49. The van der Waals surface area contributed by atoms with Crippen molar-refractivity contribution < 1.29 is 9.53 Å². The van der Waals surface area contributed by atoms with E-state index in [1.165, 1.54) is 0 Å². The molecular formula is C15H20Cl2N2O2. The van der Waals surface area contributed by atoms with Crippen LogP contribution in [0.1, 0.15) is 19.8 Å². The zero-order chi connectivity index (χ0) is 15.4. The Morgan fingerprint density at radius 3 is 2.71 bits per heavy atom. The quantitative estimate of drug-likeness (QED) is 0.923. The largest absolute Gasteiger partial charge is 0.484 e. The standard InChI is InChI=1S/C15H20Cl2N2O2/c1-10(18)11-3-2-4-19(8-11)15(20)9-21-14-6-12(16)5-13(17)7-14/h5-7,10-11H,2-4,8-9,18H2,1H3. The number of rotatable bonds is 4. The van der Waals surface area contributed by atoms with Crippen LogP contribution in [0.15, 0.2) is 18.2 Å². The number of benzene rings is 1. The molecule has 2 unspecified atom stereocenters. The van der Waals surface area contributed by atoms with Crippen molar-refractivity contribution in [2.45, 2.75) is 25.8 Å². The summed E-state index contributed by atoms with van der Waals surface area (Å²) in [6.45, 7) is 3.45. The molecule has 0 saturated carbocycles. The van der Waals surface area contributed by atoms with Crippen LogP contribution in [0.4, 0.5) is 0 Å². The van der Waals surface area contributed by atoms with E-state index in [0.717, 1.165) is 19.4 Å². The Hall–Kier alpha value is -0.970. The molecule has 4 nitrogen and oxygen atoms in total. The molecule has 6 heteroatoms. The van der Waals surface area contributed by atoms with Gasteiger partial charge in [0.25, 0.3) is 5.91 Å². The fourth-order valence-corrected chi connectivity index (χ4v) is 3.02. The summed E-state index contributed by atoms with van der Waals surface area (Å²) in [5.74, 6) is 0.835. The number of hydrogen-bond donors (Lipinski definition) is 1. The first-order valence-corrected chi connectivity index (χ1v) is 7.83. The first kappa shape index (κ1) is 16.4. The van der Waals surface area contributed by atoms with E-state index in [2.05, 4.69) is 0 Å². The van der Waals surface area contributed by atoms with Crippen LogP contribution in [-0.2, 0) is 4.79 Å². The van der Waals surface area contributed by atoms with Gasteiger partial charge >= 0.3 is 0 Å². The molecule has 1 amide bonds. The van der Waals surface area contributed by atoms with Gasteiger partial charge in [-0.1, -0.05) is 23.2 Å². The molecule has 1 aromatic carbocycles. The minimum absolute atomic E-state index is 0.0116. The number of piperidine rings is 1. The van der Waals surface area contributed by atoms with Crippen molar-refractivity contribution in [1.29, 1.82) is 0 Å². The summed E-state index contributed by atoms with van der Waals surface area (Å²) >= 11 is 11.8. The van der Waals surface area contributed by atoms with Crippen molar-refractivity contribution in [1.82, 2.24) is 4.90 Å². The second-order valence-corrected chi connectivity index (χ2v) is 6.37. The smallest absolute Gasteiger partial charge is 0.260 e. The Kier molecular flexibility index (Phi) is 5.73. The molecule has 116 valence electrons. The zero-order valence-corrected chi connectivity index (χ0v) is 13.5. The lowest BCUT2D eigenvalue weighted by Gasteiger charge is -2.34. The van der Waals surface area contributed by atoms with Gasteiger partial charge in [0.2, 0.25) is 0 Å². The molecule has 2 atom stereocenters. The molecule has 1 saturated heterocycles. The summed E-state index contributed by atoms with van der Waals surface area (Å²) in [6.07, 6.45) is 2.06. The predicted molar refractivity (Wildman–Crippen MR) is 84.9 cm³/mol. The van der Waals surface area contributed by atoms with Crippen molar-refractivity contribution in [3.8, 4) is 5.75 Å². The second kappa shape index (κ2) is 7.34. The third kappa shape index (κ3) is 4.77. The van der Waals surface area contributed by atoms with Gasteiger partial charge < -0.3 is 15.4 Å². The number of likely N-dealkylation sites (tertiary alicyclic amines) is 1. The maximum atomic E-state index is 12.2. The second-order valence-electron chi connectivity index (χ2n) is 5.50. The summed E-state index contributed by atoms with van der Waals surface area (Å²) in [5, 5.41) is 0.972. The van der Waals surface area contributed by atoms with Gasteiger partial charge in [0.05, 0.1) is 0 Å². The van der Waals surface area contributed by atoms with Gasteiger partial charge in [0.1, 0.15) is 5.75 Å². The number of hydrogen-bond acceptors (Lipinski definition) is 3. The lowest BCUT2D eigenvalue weighted by atomic mass is 9.92. The fourth-order valence-electron chi connectivity index (χ4n) is 2.51. The Morgan fingerprint density at radius 2 is 2.10 bits per heavy atom. The average molecular weight is 331 g/mol. The van der Waals surface area contributed by atoms with E-state index in [0.29, 0.717) is 28.3 Å². The molecule has 1 fully saturated rings. The third-order valence-corrected chi connectivity index (χ3v) is 4.19. The zero-order valence-electron chi connectivity index (χ0n) is 12.0. The van der Waals surface area contributed by atoms with Gasteiger partial charge in [-0.3, -0.25) is 4.79 Å². The first-order chi connectivity index (χ1) is 9.95. The highest BCUT2D eigenvalue weighted by molar-refractivity contribution is 6.34. The monoisotopic (exact) mass is 330 g/mol. The summed E-state index contributed by atoms with van der Waals surface area (Å²) in [4.78, 5) is 14.0. The molecule has 1 aromatic rings. The van der Waals surface area contributed by atoms with E-state index in [-0.39, 0.29) is 18.6 Å². The van der Waals surface area contributed by atoms with Crippen molar-refractivity contribution >= 4 is 29.1 Å². The Morgan fingerprint density at radius 1 is 1.43 bits per heavy atom. The minimum atomic E-state index is -0.0311. The number of carbonyl (C=O) groups is 1. The predicted octanol–water partition coefficient (Wildman–Crippen LogP) is 2.96. The lowest BCUT2D eigenvalue weighted by molar-refractivity contribution is -0.135. The number of carbonyl (C=O) groups excluding carboxylic acids is 1. The average Bonchev–Trinajstić information content (AvgIpc) is 2.44. The number of amides is 1. The van der Waals surface area contributed by atoms with E-state index < -0.39 is 0 Å². The molecule has 0 bridgehead atoms. The molecular weight excluding hydrogens is 311 g/mol. The Bertz CT molecular complexity index is 488.